The second-order valence-corrected chi connectivity index (χ2v) is 7.53. The zero-order valence-corrected chi connectivity index (χ0v) is 13.4. The Bertz CT molecular complexity index is 344. The summed E-state index contributed by atoms with van der Waals surface area (Å²) >= 11 is 0. The van der Waals surface area contributed by atoms with E-state index in [0.29, 0.717) is 17.9 Å². The van der Waals surface area contributed by atoms with Crippen LogP contribution in [-0.4, -0.2) is 35.6 Å². The minimum Gasteiger partial charge on any atom is -0.481 e. The first kappa shape index (κ1) is 15.8. The van der Waals surface area contributed by atoms with Crippen LogP contribution in [0.3, 0.4) is 0 Å². The SMILES string of the molecule is CC1CCCC(CN(C)C2CCCCC2C)(C(=O)O)C1. The molecule has 0 amide bonds. The Morgan fingerprint density at radius 1 is 1.20 bits per heavy atom. The summed E-state index contributed by atoms with van der Waals surface area (Å²) in [6.07, 6.45) is 9.16. The first-order chi connectivity index (χ1) is 9.44. The molecule has 2 aliphatic rings. The summed E-state index contributed by atoms with van der Waals surface area (Å²) in [5.74, 6) is 0.692. The minimum absolute atomic E-state index is 0.496. The molecule has 0 aromatic carbocycles. The van der Waals surface area contributed by atoms with E-state index in [4.69, 9.17) is 0 Å². The normalized spacial score (nSPS) is 38.9. The van der Waals surface area contributed by atoms with E-state index in [-0.39, 0.29) is 0 Å². The summed E-state index contributed by atoms with van der Waals surface area (Å²) in [5, 5.41) is 9.79. The lowest BCUT2D eigenvalue weighted by atomic mass is 9.69. The first-order valence-corrected chi connectivity index (χ1v) is 8.38. The molecule has 0 spiro atoms. The second kappa shape index (κ2) is 6.46. The molecule has 2 saturated carbocycles. The topological polar surface area (TPSA) is 40.5 Å². The third-order valence-electron chi connectivity index (χ3n) is 5.73. The highest BCUT2D eigenvalue weighted by atomic mass is 16.4. The number of carbonyl (C=O) groups is 1. The maximum atomic E-state index is 11.9. The van der Waals surface area contributed by atoms with Crippen LogP contribution in [0.1, 0.15) is 65.2 Å². The molecule has 0 saturated heterocycles. The molecule has 0 aliphatic heterocycles. The molecule has 0 bridgehead atoms. The summed E-state index contributed by atoms with van der Waals surface area (Å²) < 4.78 is 0. The molecule has 0 aromatic rings. The summed E-state index contributed by atoms with van der Waals surface area (Å²) in [6, 6.07) is 0.581. The van der Waals surface area contributed by atoms with Gasteiger partial charge in [-0.15, -0.1) is 0 Å². The lowest BCUT2D eigenvalue weighted by Gasteiger charge is -2.43. The zero-order chi connectivity index (χ0) is 14.8. The van der Waals surface area contributed by atoms with E-state index >= 15 is 0 Å². The van der Waals surface area contributed by atoms with Gasteiger partial charge in [-0.1, -0.05) is 39.5 Å². The average Bonchev–Trinajstić information content (AvgIpc) is 2.38. The largest absolute Gasteiger partial charge is 0.481 e. The summed E-state index contributed by atoms with van der Waals surface area (Å²) in [7, 11) is 2.15. The van der Waals surface area contributed by atoms with Gasteiger partial charge in [-0.3, -0.25) is 4.79 Å². The van der Waals surface area contributed by atoms with Crippen LogP contribution in [0.15, 0.2) is 0 Å². The van der Waals surface area contributed by atoms with Crippen molar-refractivity contribution in [3.05, 3.63) is 0 Å². The molecule has 3 nitrogen and oxygen atoms in total. The third kappa shape index (κ3) is 3.36. The van der Waals surface area contributed by atoms with Gasteiger partial charge in [0.15, 0.2) is 0 Å². The second-order valence-electron chi connectivity index (χ2n) is 7.53. The summed E-state index contributed by atoms with van der Waals surface area (Å²) in [6.45, 7) is 5.28. The first-order valence-electron chi connectivity index (χ1n) is 8.38. The van der Waals surface area contributed by atoms with Gasteiger partial charge in [0, 0.05) is 12.6 Å². The Labute approximate surface area is 123 Å². The lowest BCUT2D eigenvalue weighted by Crippen LogP contribution is -2.49. The van der Waals surface area contributed by atoms with Crippen LogP contribution in [0, 0.1) is 17.3 Å². The van der Waals surface area contributed by atoms with Crippen molar-refractivity contribution < 1.29 is 9.90 Å². The lowest BCUT2D eigenvalue weighted by molar-refractivity contribution is -0.154. The molecule has 0 radical (unpaired) electrons. The molecule has 20 heavy (non-hydrogen) atoms. The molecule has 0 heterocycles. The van der Waals surface area contributed by atoms with Crippen molar-refractivity contribution in [2.75, 3.05) is 13.6 Å². The fraction of sp³-hybridized carbons (Fsp3) is 0.941. The van der Waals surface area contributed by atoms with Gasteiger partial charge in [0.1, 0.15) is 0 Å². The fourth-order valence-corrected chi connectivity index (χ4v) is 4.61. The molecule has 4 unspecified atom stereocenters. The molecule has 4 atom stereocenters. The van der Waals surface area contributed by atoms with Crippen molar-refractivity contribution in [2.24, 2.45) is 17.3 Å². The van der Waals surface area contributed by atoms with Crippen LogP contribution >= 0.6 is 0 Å². The van der Waals surface area contributed by atoms with Gasteiger partial charge in [0.25, 0.3) is 0 Å². The van der Waals surface area contributed by atoms with Crippen LogP contribution < -0.4 is 0 Å². The number of nitrogens with zero attached hydrogens (tertiary/aromatic N) is 1. The van der Waals surface area contributed by atoms with Gasteiger partial charge in [0.05, 0.1) is 5.41 Å². The molecular formula is C17H31NO2. The van der Waals surface area contributed by atoms with Crippen molar-refractivity contribution in [2.45, 2.75) is 71.3 Å². The molecule has 2 aliphatic carbocycles. The predicted molar refractivity (Wildman–Crippen MR) is 81.8 cm³/mol. The van der Waals surface area contributed by atoms with Crippen molar-refractivity contribution in [1.29, 1.82) is 0 Å². The summed E-state index contributed by atoms with van der Waals surface area (Å²) in [5.41, 5.74) is -0.496. The number of carboxylic acids is 1. The van der Waals surface area contributed by atoms with E-state index < -0.39 is 11.4 Å². The van der Waals surface area contributed by atoms with Gasteiger partial charge < -0.3 is 10.0 Å². The van der Waals surface area contributed by atoms with E-state index in [9.17, 15) is 9.90 Å². The van der Waals surface area contributed by atoms with Crippen molar-refractivity contribution in [3.8, 4) is 0 Å². The van der Waals surface area contributed by atoms with Crippen molar-refractivity contribution in [3.63, 3.8) is 0 Å². The van der Waals surface area contributed by atoms with E-state index in [0.717, 1.165) is 25.8 Å². The Morgan fingerprint density at radius 3 is 2.50 bits per heavy atom. The highest BCUT2D eigenvalue weighted by Crippen LogP contribution is 2.41. The van der Waals surface area contributed by atoms with Crippen LogP contribution in [0.5, 0.6) is 0 Å². The van der Waals surface area contributed by atoms with Gasteiger partial charge in [-0.2, -0.15) is 0 Å². The van der Waals surface area contributed by atoms with Gasteiger partial charge in [-0.25, -0.2) is 0 Å². The van der Waals surface area contributed by atoms with E-state index in [2.05, 4.69) is 25.8 Å². The zero-order valence-electron chi connectivity index (χ0n) is 13.4. The fourth-order valence-electron chi connectivity index (χ4n) is 4.61. The molecule has 3 heteroatoms. The number of hydrogen-bond acceptors (Lipinski definition) is 2. The highest BCUT2D eigenvalue weighted by Gasteiger charge is 2.43. The molecule has 1 N–H and O–H groups in total. The van der Waals surface area contributed by atoms with Gasteiger partial charge in [0.2, 0.25) is 0 Å². The predicted octanol–water partition coefficient (Wildman–Crippen LogP) is 3.78. The molecule has 2 fully saturated rings. The third-order valence-corrected chi connectivity index (χ3v) is 5.73. The quantitative estimate of drug-likeness (QED) is 0.852. The number of rotatable bonds is 4. The van der Waals surface area contributed by atoms with Crippen LogP contribution in [0.2, 0.25) is 0 Å². The maximum absolute atomic E-state index is 11.9. The van der Waals surface area contributed by atoms with Gasteiger partial charge >= 0.3 is 5.97 Å². The Balaban J connectivity index is 2.05. The number of carboxylic acid groups (broad SMARTS) is 1. The minimum atomic E-state index is -0.570. The average molecular weight is 281 g/mol. The number of aliphatic carboxylic acids is 1. The van der Waals surface area contributed by atoms with E-state index in [1.807, 2.05) is 0 Å². The summed E-state index contributed by atoms with van der Waals surface area (Å²) in [4.78, 5) is 14.3. The maximum Gasteiger partial charge on any atom is 0.310 e. The molecule has 0 aromatic heterocycles. The van der Waals surface area contributed by atoms with Crippen LogP contribution in [0.25, 0.3) is 0 Å². The van der Waals surface area contributed by atoms with E-state index in [1.165, 1.54) is 32.1 Å². The molecule has 2 rings (SSSR count). The van der Waals surface area contributed by atoms with Gasteiger partial charge in [-0.05, 0) is 44.6 Å². The van der Waals surface area contributed by atoms with Crippen LogP contribution in [-0.2, 0) is 4.79 Å². The molecule has 116 valence electrons. The monoisotopic (exact) mass is 281 g/mol. The van der Waals surface area contributed by atoms with Crippen molar-refractivity contribution >= 4 is 5.97 Å². The highest BCUT2D eigenvalue weighted by molar-refractivity contribution is 5.75. The van der Waals surface area contributed by atoms with Crippen LogP contribution in [0.4, 0.5) is 0 Å². The molecular weight excluding hydrogens is 250 g/mol. The van der Waals surface area contributed by atoms with E-state index in [1.54, 1.807) is 0 Å². The smallest absolute Gasteiger partial charge is 0.310 e. The Hall–Kier alpha value is -0.570. The van der Waals surface area contributed by atoms with Crippen molar-refractivity contribution in [1.82, 2.24) is 4.90 Å². The standard InChI is InChI=1S/C17H31NO2/c1-13-7-6-10-17(11-13,16(19)20)12-18(3)15-9-5-4-8-14(15)2/h13-15H,4-12H2,1-3H3,(H,19,20). The Kier molecular flexibility index (Phi) is 5.11. The number of hydrogen-bond donors (Lipinski definition) is 1. The Morgan fingerprint density at radius 2 is 1.90 bits per heavy atom.